The topological polar surface area (TPSA) is 50.7 Å². The fourth-order valence-corrected chi connectivity index (χ4v) is 2.86. The summed E-state index contributed by atoms with van der Waals surface area (Å²) >= 11 is 9.21. The molecule has 3 aromatic carbocycles. The second-order valence-corrected chi connectivity index (χ2v) is 6.95. The molecule has 0 atom stereocenters. The average molecular weight is 444 g/mol. The van der Waals surface area contributed by atoms with E-state index in [-0.39, 0.29) is 5.91 Å². The summed E-state index contributed by atoms with van der Waals surface area (Å²) in [5.74, 6) is 0.473. The van der Waals surface area contributed by atoms with Crippen LogP contribution in [-0.4, -0.2) is 12.1 Å². The van der Waals surface area contributed by atoms with E-state index in [1.54, 1.807) is 24.4 Å². The van der Waals surface area contributed by atoms with Crippen LogP contribution in [0, 0.1) is 0 Å². The van der Waals surface area contributed by atoms with Crippen LogP contribution in [0.25, 0.3) is 0 Å². The number of nitrogens with one attached hydrogen (secondary N) is 1. The summed E-state index contributed by atoms with van der Waals surface area (Å²) in [6.07, 6.45) is 1.58. The Morgan fingerprint density at radius 3 is 2.44 bits per heavy atom. The summed E-state index contributed by atoms with van der Waals surface area (Å²) in [4.78, 5) is 12.1. The van der Waals surface area contributed by atoms with Gasteiger partial charge in [-0.3, -0.25) is 4.79 Å². The number of carbonyl (C=O) groups excluding carboxylic acids is 1. The molecule has 1 N–H and O–H groups in total. The number of hydrazone groups is 1. The lowest BCUT2D eigenvalue weighted by Gasteiger charge is -2.06. The van der Waals surface area contributed by atoms with Crippen LogP contribution in [0.15, 0.2) is 82.4 Å². The van der Waals surface area contributed by atoms with Crippen LogP contribution in [0.4, 0.5) is 0 Å². The molecule has 0 aliphatic carbocycles. The molecular weight excluding hydrogens is 428 g/mol. The van der Waals surface area contributed by atoms with Gasteiger partial charge in [0.25, 0.3) is 5.91 Å². The lowest BCUT2D eigenvalue weighted by atomic mass is 10.2. The van der Waals surface area contributed by atoms with E-state index < -0.39 is 0 Å². The van der Waals surface area contributed by atoms with Crippen molar-refractivity contribution in [3.63, 3.8) is 0 Å². The molecule has 0 saturated carbocycles. The van der Waals surface area contributed by atoms with Crippen molar-refractivity contribution in [2.24, 2.45) is 5.10 Å². The van der Waals surface area contributed by atoms with E-state index in [0.717, 1.165) is 21.3 Å². The number of hydrogen-bond donors (Lipinski definition) is 1. The average Bonchev–Trinajstić information content (AvgIpc) is 2.69. The molecule has 0 aromatic heterocycles. The first-order valence-corrected chi connectivity index (χ1v) is 9.34. The van der Waals surface area contributed by atoms with Crippen molar-refractivity contribution in [3.05, 3.63) is 99.0 Å². The van der Waals surface area contributed by atoms with Gasteiger partial charge in [-0.1, -0.05) is 35.9 Å². The third kappa shape index (κ3) is 5.67. The second kappa shape index (κ2) is 9.35. The molecule has 0 saturated heterocycles. The molecule has 1 amide bonds. The van der Waals surface area contributed by atoms with E-state index in [2.05, 4.69) is 26.5 Å². The monoisotopic (exact) mass is 442 g/mol. The van der Waals surface area contributed by atoms with E-state index in [1.807, 2.05) is 54.6 Å². The van der Waals surface area contributed by atoms with Gasteiger partial charge in [-0.05, 0) is 75.6 Å². The van der Waals surface area contributed by atoms with Crippen LogP contribution >= 0.6 is 27.5 Å². The molecule has 136 valence electrons. The number of hydrogen-bond acceptors (Lipinski definition) is 3. The summed E-state index contributed by atoms with van der Waals surface area (Å²) in [5.41, 5.74) is 4.93. The van der Waals surface area contributed by atoms with Crippen LogP contribution in [-0.2, 0) is 6.61 Å². The van der Waals surface area contributed by atoms with Crippen LogP contribution in [0.5, 0.6) is 5.75 Å². The van der Waals surface area contributed by atoms with Gasteiger partial charge in [0.05, 0.1) is 11.8 Å². The summed E-state index contributed by atoms with van der Waals surface area (Å²) in [6.45, 7) is 0.465. The minimum atomic E-state index is -0.276. The minimum Gasteiger partial charge on any atom is -0.489 e. The summed E-state index contributed by atoms with van der Waals surface area (Å²) in [5, 5.41) is 4.69. The molecule has 0 unspecified atom stereocenters. The van der Waals surface area contributed by atoms with Crippen LogP contribution in [0.3, 0.4) is 0 Å². The standard InChI is InChI=1S/C21H16BrClN2O2/c22-20-4-2-1-3-19(20)21(26)25-24-13-15-7-11-18(12-8-15)27-14-16-5-9-17(23)10-6-16/h1-13H,14H2,(H,25,26). The zero-order valence-corrected chi connectivity index (χ0v) is 16.6. The maximum absolute atomic E-state index is 12.1. The first kappa shape index (κ1) is 19.1. The van der Waals surface area contributed by atoms with Gasteiger partial charge >= 0.3 is 0 Å². The van der Waals surface area contributed by atoms with Gasteiger partial charge < -0.3 is 4.74 Å². The quantitative estimate of drug-likeness (QED) is 0.407. The van der Waals surface area contributed by atoms with Crippen LogP contribution in [0.2, 0.25) is 5.02 Å². The predicted molar refractivity (Wildman–Crippen MR) is 111 cm³/mol. The van der Waals surface area contributed by atoms with E-state index in [9.17, 15) is 4.79 Å². The second-order valence-electron chi connectivity index (χ2n) is 5.66. The van der Waals surface area contributed by atoms with Crippen LogP contribution < -0.4 is 10.2 Å². The molecular formula is C21H16BrClN2O2. The van der Waals surface area contributed by atoms with Crippen molar-refractivity contribution >= 4 is 39.7 Å². The number of rotatable bonds is 6. The fourth-order valence-electron chi connectivity index (χ4n) is 2.27. The van der Waals surface area contributed by atoms with Gasteiger partial charge in [-0.2, -0.15) is 5.10 Å². The maximum Gasteiger partial charge on any atom is 0.272 e. The highest BCUT2D eigenvalue weighted by molar-refractivity contribution is 9.10. The zero-order chi connectivity index (χ0) is 19.1. The lowest BCUT2D eigenvalue weighted by molar-refractivity contribution is 0.0954. The Bertz CT molecular complexity index is 941. The Balaban J connectivity index is 1.52. The van der Waals surface area contributed by atoms with E-state index in [0.29, 0.717) is 17.2 Å². The number of amides is 1. The fraction of sp³-hybridized carbons (Fsp3) is 0.0476. The van der Waals surface area contributed by atoms with E-state index >= 15 is 0 Å². The summed E-state index contributed by atoms with van der Waals surface area (Å²) in [6, 6.07) is 22.1. The van der Waals surface area contributed by atoms with Crippen molar-refractivity contribution < 1.29 is 9.53 Å². The Hall–Kier alpha value is -2.63. The van der Waals surface area contributed by atoms with Crippen molar-refractivity contribution in [2.45, 2.75) is 6.61 Å². The van der Waals surface area contributed by atoms with Gasteiger partial charge in [-0.15, -0.1) is 0 Å². The number of carbonyl (C=O) groups is 1. The molecule has 0 aliphatic rings. The molecule has 0 bridgehead atoms. The molecule has 0 aliphatic heterocycles. The molecule has 4 nitrogen and oxygen atoms in total. The molecule has 6 heteroatoms. The largest absolute Gasteiger partial charge is 0.489 e. The van der Waals surface area contributed by atoms with E-state index in [1.165, 1.54) is 0 Å². The van der Waals surface area contributed by atoms with Crippen LogP contribution in [0.1, 0.15) is 21.5 Å². The summed E-state index contributed by atoms with van der Waals surface area (Å²) in [7, 11) is 0. The van der Waals surface area contributed by atoms with Gasteiger partial charge in [0.2, 0.25) is 0 Å². The van der Waals surface area contributed by atoms with Crippen molar-refractivity contribution in [2.75, 3.05) is 0 Å². The number of nitrogens with zero attached hydrogens (tertiary/aromatic N) is 1. The smallest absolute Gasteiger partial charge is 0.272 e. The number of ether oxygens (including phenoxy) is 1. The normalized spacial score (nSPS) is 10.7. The predicted octanol–water partition coefficient (Wildman–Crippen LogP) is 5.45. The van der Waals surface area contributed by atoms with Gasteiger partial charge in [0.1, 0.15) is 12.4 Å². The molecule has 0 spiro atoms. The molecule has 27 heavy (non-hydrogen) atoms. The Morgan fingerprint density at radius 1 is 1.04 bits per heavy atom. The molecule has 3 rings (SSSR count). The number of halogens is 2. The van der Waals surface area contributed by atoms with Crippen molar-refractivity contribution in [1.82, 2.24) is 5.43 Å². The van der Waals surface area contributed by atoms with Gasteiger partial charge in [0, 0.05) is 9.50 Å². The Morgan fingerprint density at radius 2 is 1.74 bits per heavy atom. The third-order valence-corrected chi connectivity index (χ3v) is 4.64. The maximum atomic E-state index is 12.1. The highest BCUT2D eigenvalue weighted by Crippen LogP contribution is 2.16. The Kier molecular flexibility index (Phi) is 6.63. The lowest BCUT2D eigenvalue weighted by Crippen LogP contribution is -2.18. The Labute approximate surface area is 171 Å². The van der Waals surface area contributed by atoms with Gasteiger partial charge in [-0.25, -0.2) is 5.43 Å². The molecule has 3 aromatic rings. The van der Waals surface area contributed by atoms with Crippen molar-refractivity contribution in [3.8, 4) is 5.75 Å². The summed E-state index contributed by atoms with van der Waals surface area (Å²) < 4.78 is 6.46. The first-order chi connectivity index (χ1) is 13.1. The van der Waals surface area contributed by atoms with Gasteiger partial charge in [0.15, 0.2) is 0 Å². The molecule has 0 heterocycles. The van der Waals surface area contributed by atoms with Crippen molar-refractivity contribution in [1.29, 1.82) is 0 Å². The third-order valence-electron chi connectivity index (χ3n) is 3.70. The first-order valence-electron chi connectivity index (χ1n) is 8.17. The highest BCUT2D eigenvalue weighted by atomic mass is 79.9. The zero-order valence-electron chi connectivity index (χ0n) is 14.2. The molecule has 0 fully saturated rings. The minimum absolute atomic E-state index is 0.276. The van der Waals surface area contributed by atoms with E-state index in [4.69, 9.17) is 16.3 Å². The highest BCUT2D eigenvalue weighted by Gasteiger charge is 2.07. The SMILES string of the molecule is O=C(NN=Cc1ccc(OCc2ccc(Cl)cc2)cc1)c1ccccc1Br. The molecule has 0 radical (unpaired) electrons. The number of benzene rings is 3.